The van der Waals surface area contributed by atoms with Crippen LogP contribution in [0.25, 0.3) is 0 Å². The van der Waals surface area contributed by atoms with Crippen molar-refractivity contribution < 1.29 is 0 Å². The largest absolute Gasteiger partial charge is 0.304 e. The fourth-order valence-electron chi connectivity index (χ4n) is 0. The highest BCUT2D eigenvalue weighted by Crippen LogP contribution is 2.08. The molecule has 6 heavy (non-hydrogen) atoms. The maximum atomic E-state index is 3.37. The van der Waals surface area contributed by atoms with Crippen molar-refractivity contribution in [3.8, 4) is 0 Å². The highest BCUT2D eigenvalue weighted by molar-refractivity contribution is 9.54. The van der Waals surface area contributed by atoms with Gasteiger partial charge in [0.25, 0.3) is 3.64 Å². The van der Waals surface area contributed by atoms with Gasteiger partial charge in [0.2, 0.25) is 0 Å². The highest BCUT2D eigenvalue weighted by Gasteiger charge is 1.99. The summed E-state index contributed by atoms with van der Waals surface area (Å²) in [6.07, 6.45) is 4.35. The van der Waals surface area contributed by atoms with Gasteiger partial charge in [-0.3, -0.25) is 0 Å². The topological polar surface area (TPSA) is 0 Å². The molecular formula is C2H6BBr2S. The van der Waals surface area contributed by atoms with Crippen LogP contribution in [0.1, 0.15) is 0 Å². The lowest BCUT2D eigenvalue weighted by atomic mass is 10.7. The van der Waals surface area contributed by atoms with E-state index in [1.54, 1.807) is 0 Å². The van der Waals surface area contributed by atoms with Crippen LogP contribution in [0.3, 0.4) is 0 Å². The summed E-state index contributed by atoms with van der Waals surface area (Å²) >= 11 is 6.74. The third-order valence-electron chi connectivity index (χ3n) is 0.356. The molecule has 0 saturated carbocycles. The van der Waals surface area contributed by atoms with E-state index in [1.807, 2.05) is 0 Å². The van der Waals surface area contributed by atoms with Crippen LogP contribution >= 0.6 is 31.5 Å². The van der Waals surface area contributed by atoms with Crippen molar-refractivity contribution in [2.24, 2.45) is 0 Å². The summed E-state index contributed by atoms with van der Waals surface area (Å²) in [6.45, 7) is 0. The number of rotatable bonds is 1. The van der Waals surface area contributed by atoms with Crippen molar-refractivity contribution in [3.63, 3.8) is 0 Å². The zero-order chi connectivity index (χ0) is 5.15. The van der Waals surface area contributed by atoms with Crippen LogP contribution < -0.4 is 0 Å². The van der Waals surface area contributed by atoms with Gasteiger partial charge in [-0.1, -0.05) is 0 Å². The van der Waals surface area contributed by atoms with E-state index in [-0.39, 0.29) is 0 Å². The van der Waals surface area contributed by atoms with Gasteiger partial charge in [-0.15, -0.1) is 0 Å². The van der Waals surface area contributed by atoms with Crippen LogP contribution in [-0.4, -0.2) is 16.2 Å². The molecule has 1 radical (unpaired) electrons. The fourth-order valence-corrected chi connectivity index (χ4v) is 0. The average molecular weight is 233 g/mol. The number of hydrogen-bond donors (Lipinski definition) is 0. The lowest BCUT2D eigenvalue weighted by Crippen LogP contribution is -2.07. The average Bonchev–Trinajstić information content (AvgIpc) is 1.36. The number of hydrogen-bond acceptors (Lipinski definition) is 0. The van der Waals surface area contributed by atoms with Crippen LogP contribution in [0.4, 0.5) is 0 Å². The molecule has 0 spiro atoms. The summed E-state index contributed by atoms with van der Waals surface area (Å²) < 4.78 is 0.505. The van der Waals surface area contributed by atoms with E-state index in [9.17, 15) is 0 Å². The third kappa shape index (κ3) is 3.56. The van der Waals surface area contributed by atoms with Crippen LogP contribution in [0.2, 0.25) is 0 Å². The Balaban J connectivity index is 2.99. The molecule has 0 aliphatic carbocycles. The molecule has 0 N–H and O–H groups in total. The molecule has 0 aliphatic rings. The monoisotopic (exact) mass is 231 g/mol. The molecule has 0 amide bonds. The zero-order valence-corrected chi connectivity index (χ0v) is 7.73. The van der Waals surface area contributed by atoms with Crippen LogP contribution in [-0.2, 0) is 10.7 Å². The van der Waals surface area contributed by atoms with Gasteiger partial charge in [-0.05, 0) is 0 Å². The van der Waals surface area contributed by atoms with E-state index in [4.69, 9.17) is 0 Å². The van der Waals surface area contributed by atoms with Gasteiger partial charge in [0.05, 0.1) is 12.5 Å². The highest BCUT2D eigenvalue weighted by atomic mass is 79.9. The first-order valence-electron chi connectivity index (χ1n) is 1.49. The molecule has 0 aromatic heterocycles. The van der Waals surface area contributed by atoms with Crippen molar-refractivity contribution >= 4 is 45.9 Å². The van der Waals surface area contributed by atoms with Gasteiger partial charge in [0, 0.05) is 0 Å². The Labute approximate surface area is 58.3 Å². The molecule has 4 heteroatoms. The summed E-state index contributed by atoms with van der Waals surface area (Å²) in [5, 5.41) is 0. The second-order valence-corrected chi connectivity index (χ2v) is 7.64. The molecule has 0 aromatic carbocycles. The second kappa shape index (κ2) is 3.39. The molecule has 0 aromatic rings. The Hall–Kier alpha value is 1.37. The minimum atomic E-state index is 0.466. The van der Waals surface area contributed by atoms with Crippen LogP contribution in [0.15, 0.2) is 0 Å². The molecule has 0 saturated heterocycles. The van der Waals surface area contributed by atoms with Crippen molar-refractivity contribution in [2.75, 3.05) is 12.5 Å². The summed E-state index contributed by atoms with van der Waals surface area (Å²) in [7, 11) is 0.466. The van der Waals surface area contributed by atoms with E-state index in [2.05, 4.69) is 44.0 Å². The lowest BCUT2D eigenvalue weighted by Gasteiger charge is -2.04. The standard InChI is InChI=1S/C2H6BBr2S/c1-6(2)3(4)5/h1-2H3. The first kappa shape index (κ1) is 7.37. The van der Waals surface area contributed by atoms with E-state index in [0.717, 1.165) is 0 Å². The molecule has 0 nitrogen and oxygen atoms in total. The molecule has 37 valence electrons. The first-order valence-corrected chi connectivity index (χ1v) is 5.42. The first-order chi connectivity index (χ1) is 2.64. The van der Waals surface area contributed by atoms with Crippen molar-refractivity contribution in [3.05, 3.63) is 0 Å². The van der Waals surface area contributed by atoms with Crippen LogP contribution in [0.5, 0.6) is 0 Å². The Kier molecular flexibility index (Phi) is 4.16. The molecule has 0 bridgehead atoms. The van der Waals surface area contributed by atoms with Gasteiger partial charge in [-0.2, -0.15) is 0 Å². The van der Waals surface area contributed by atoms with E-state index in [0.29, 0.717) is 14.4 Å². The molecule has 0 unspecified atom stereocenters. The zero-order valence-electron chi connectivity index (χ0n) is 3.74. The minimum absolute atomic E-state index is 0.466. The Morgan fingerprint density at radius 2 is 1.50 bits per heavy atom. The predicted octanol–water partition coefficient (Wildman–Crippen LogP) is 1.64. The molecule has 0 rings (SSSR count). The third-order valence-corrected chi connectivity index (χ3v) is 5.55. The Morgan fingerprint density at radius 3 is 1.50 bits per heavy atom. The van der Waals surface area contributed by atoms with Gasteiger partial charge < -0.3 is 31.5 Å². The predicted molar refractivity (Wildman–Crippen MR) is 42.8 cm³/mol. The van der Waals surface area contributed by atoms with Crippen LogP contribution in [0, 0.1) is 0 Å². The van der Waals surface area contributed by atoms with Gasteiger partial charge in [-0.25, -0.2) is 10.7 Å². The molecule has 0 atom stereocenters. The van der Waals surface area contributed by atoms with E-state index < -0.39 is 0 Å². The summed E-state index contributed by atoms with van der Waals surface area (Å²) in [6, 6.07) is 0. The minimum Gasteiger partial charge on any atom is -0.304 e. The van der Waals surface area contributed by atoms with Gasteiger partial charge >= 0.3 is 0 Å². The maximum absolute atomic E-state index is 3.37. The molecule has 0 heterocycles. The second-order valence-electron chi connectivity index (χ2n) is 1.14. The van der Waals surface area contributed by atoms with Crippen molar-refractivity contribution in [2.45, 2.75) is 0 Å². The molecule has 0 fully saturated rings. The SMILES string of the molecule is C[S+](C)[B-](Br)Br. The summed E-state index contributed by atoms with van der Waals surface area (Å²) in [4.78, 5) is 0. The molecule has 0 aliphatic heterocycles. The van der Waals surface area contributed by atoms with Gasteiger partial charge in [0.15, 0.2) is 0 Å². The fraction of sp³-hybridized carbons (Fsp3) is 1.00. The summed E-state index contributed by atoms with van der Waals surface area (Å²) in [5.74, 6) is 0. The van der Waals surface area contributed by atoms with E-state index >= 15 is 0 Å². The maximum Gasteiger partial charge on any atom is 0.281 e. The Morgan fingerprint density at radius 1 is 1.33 bits per heavy atom. The smallest absolute Gasteiger partial charge is 0.281 e. The van der Waals surface area contributed by atoms with Crippen molar-refractivity contribution in [1.82, 2.24) is 0 Å². The van der Waals surface area contributed by atoms with Gasteiger partial charge in [0.1, 0.15) is 0 Å². The lowest BCUT2D eigenvalue weighted by molar-refractivity contribution is 2.33. The number of halogens is 2. The normalized spacial score (nSPS) is 11.0. The van der Waals surface area contributed by atoms with Crippen molar-refractivity contribution in [1.29, 1.82) is 0 Å². The van der Waals surface area contributed by atoms with E-state index in [1.165, 1.54) is 0 Å². The Bertz CT molecular complexity index is 32.5. The quantitative estimate of drug-likeness (QED) is 0.476. The summed E-state index contributed by atoms with van der Waals surface area (Å²) in [5.41, 5.74) is 0. The molecular weight excluding hydrogens is 227 g/mol.